The molecule has 0 fully saturated rings. The Hall–Kier alpha value is -2.09. The number of nitrogens with zero attached hydrogens (tertiary/aromatic N) is 1. The van der Waals surface area contributed by atoms with Gasteiger partial charge in [0.25, 0.3) is 5.56 Å². The van der Waals surface area contributed by atoms with Gasteiger partial charge in [-0.05, 0) is 43.0 Å². The van der Waals surface area contributed by atoms with E-state index in [-0.39, 0.29) is 5.56 Å². The van der Waals surface area contributed by atoms with Crippen molar-refractivity contribution in [3.05, 3.63) is 64.1 Å². The molecule has 0 aliphatic rings. The predicted molar refractivity (Wildman–Crippen MR) is 70.6 cm³/mol. The van der Waals surface area contributed by atoms with E-state index in [1.165, 1.54) is 5.56 Å². The van der Waals surface area contributed by atoms with Crippen LogP contribution in [0.15, 0.2) is 47.4 Å². The van der Waals surface area contributed by atoms with E-state index in [2.05, 4.69) is 25.1 Å². The minimum Gasteiger partial charge on any atom is -0.284 e. The molecule has 2 aromatic heterocycles. The summed E-state index contributed by atoms with van der Waals surface area (Å²) in [4.78, 5) is 12.4. The normalized spacial score (nSPS) is 11.2. The lowest BCUT2D eigenvalue weighted by Gasteiger charge is -2.07. The van der Waals surface area contributed by atoms with E-state index in [4.69, 9.17) is 0 Å². The Balaban J connectivity index is 2.64. The molecule has 0 aliphatic heterocycles. The van der Waals surface area contributed by atoms with Crippen LogP contribution in [0.1, 0.15) is 11.1 Å². The van der Waals surface area contributed by atoms with Gasteiger partial charge in [-0.2, -0.15) is 0 Å². The third-order valence-electron chi connectivity index (χ3n) is 3.14. The Morgan fingerprint density at radius 2 is 1.88 bits per heavy atom. The van der Waals surface area contributed by atoms with Gasteiger partial charge in [-0.25, -0.2) is 0 Å². The summed E-state index contributed by atoms with van der Waals surface area (Å²) in [6.45, 7) is 4.05. The summed E-state index contributed by atoms with van der Waals surface area (Å²) in [7, 11) is 0. The Labute approximate surface area is 99.1 Å². The summed E-state index contributed by atoms with van der Waals surface area (Å²) in [5, 5.41) is 1.85. The predicted octanol–water partition coefficient (Wildman–Crippen LogP) is 3.07. The molecule has 0 atom stereocenters. The topological polar surface area (TPSA) is 21.5 Å². The van der Waals surface area contributed by atoms with E-state index in [9.17, 15) is 4.79 Å². The molecule has 0 saturated heterocycles. The first-order valence-electron chi connectivity index (χ1n) is 5.68. The highest BCUT2D eigenvalue weighted by Crippen LogP contribution is 2.18. The fraction of sp³-hybridized carbons (Fsp3) is 0.133. The molecule has 0 radical (unpaired) electrons. The van der Waals surface area contributed by atoms with Crippen molar-refractivity contribution in [2.45, 2.75) is 13.8 Å². The number of rotatable bonds is 0. The van der Waals surface area contributed by atoms with Crippen LogP contribution in [-0.4, -0.2) is 4.40 Å². The van der Waals surface area contributed by atoms with Crippen LogP contribution in [0.4, 0.5) is 0 Å². The maximum absolute atomic E-state index is 12.4. The number of aromatic nitrogens is 1. The van der Waals surface area contributed by atoms with E-state index < -0.39 is 0 Å². The molecule has 0 saturated carbocycles. The smallest absolute Gasteiger partial charge is 0.263 e. The number of pyridine rings is 2. The largest absolute Gasteiger partial charge is 0.284 e. The van der Waals surface area contributed by atoms with Crippen molar-refractivity contribution in [3.8, 4) is 0 Å². The third kappa shape index (κ3) is 1.45. The molecule has 3 aromatic rings. The summed E-state index contributed by atoms with van der Waals surface area (Å²) in [5.41, 5.74) is 3.24. The van der Waals surface area contributed by atoms with Gasteiger partial charge in [0.15, 0.2) is 0 Å². The Kier molecular flexibility index (Phi) is 2.05. The van der Waals surface area contributed by atoms with Gasteiger partial charge in [-0.1, -0.05) is 23.8 Å². The number of fused-ring (bicyclic) bond motifs is 2. The molecule has 0 unspecified atom stereocenters. The summed E-state index contributed by atoms with van der Waals surface area (Å²) in [6, 6.07) is 12.0. The van der Waals surface area contributed by atoms with Crippen molar-refractivity contribution in [2.24, 2.45) is 0 Å². The zero-order valence-electron chi connectivity index (χ0n) is 9.90. The summed E-state index contributed by atoms with van der Waals surface area (Å²) in [6.07, 6.45) is 1.82. The van der Waals surface area contributed by atoms with Gasteiger partial charge in [0.2, 0.25) is 0 Å². The van der Waals surface area contributed by atoms with Crippen LogP contribution >= 0.6 is 0 Å². The van der Waals surface area contributed by atoms with Crippen LogP contribution in [0, 0.1) is 13.8 Å². The maximum atomic E-state index is 12.4. The molecular weight excluding hydrogens is 210 g/mol. The lowest BCUT2D eigenvalue weighted by Crippen LogP contribution is -2.14. The van der Waals surface area contributed by atoms with E-state index in [0.717, 1.165) is 21.9 Å². The van der Waals surface area contributed by atoms with E-state index in [1.807, 2.05) is 31.3 Å². The fourth-order valence-electron chi connectivity index (χ4n) is 2.45. The van der Waals surface area contributed by atoms with Crippen LogP contribution in [0.3, 0.4) is 0 Å². The van der Waals surface area contributed by atoms with Crippen molar-refractivity contribution in [1.82, 2.24) is 4.40 Å². The first-order valence-corrected chi connectivity index (χ1v) is 5.68. The number of benzene rings is 1. The molecule has 2 heteroatoms. The molecule has 84 valence electrons. The van der Waals surface area contributed by atoms with Gasteiger partial charge in [-0.15, -0.1) is 0 Å². The first kappa shape index (κ1) is 10.1. The minimum atomic E-state index is 0.0654. The lowest BCUT2D eigenvalue weighted by molar-refractivity contribution is 1.11. The standard InChI is InChI=1S/C15H13NO/c1-10-7-11(2)14-12(8-10)9-13-5-3-4-6-16(13)15(14)17/h3-9H,1-2H3. The highest BCUT2D eigenvalue weighted by molar-refractivity contribution is 5.88. The molecule has 2 heterocycles. The van der Waals surface area contributed by atoms with Crippen LogP contribution < -0.4 is 5.56 Å². The number of hydrogen-bond donors (Lipinski definition) is 0. The molecule has 0 bridgehead atoms. The monoisotopic (exact) mass is 223 g/mol. The first-order chi connectivity index (χ1) is 8.16. The van der Waals surface area contributed by atoms with Crippen LogP contribution in [-0.2, 0) is 0 Å². The maximum Gasteiger partial charge on any atom is 0.263 e. The average molecular weight is 223 g/mol. The Bertz CT molecular complexity index is 784. The zero-order chi connectivity index (χ0) is 12.0. The fourth-order valence-corrected chi connectivity index (χ4v) is 2.45. The van der Waals surface area contributed by atoms with Crippen molar-refractivity contribution < 1.29 is 0 Å². The number of aryl methyl sites for hydroxylation is 2. The second-order valence-electron chi connectivity index (χ2n) is 4.49. The quantitative estimate of drug-likeness (QED) is 0.537. The third-order valence-corrected chi connectivity index (χ3v) is 3.14. The molecule has 0 N–H and O–H groups in total. The van der Waals surface area contributed by atoms with Crippen LogP contribution in [0.25, 0.3) is 16.3 Å². The molecule has 0 amide bonds. The van der Waals surface area contributed by atoms with Gasteiger partial charge in [0.05, 0.1) is 5.39 Å². The van der Waals surface area contributed by atoms with E-state index in [0.29, 0.717) is 0 Å². The second-order valence-corrected chi connectivity index (χ2v) is 4.49. The van der Waals surface area contributed by atoms with Crippen molar-refractivity contribution in [2.75, 3.05) is 0 Å². The van der Waals surface area contributed by atoms with Gasteiger partial charge in [-0.3, -0.25) is 9.20 Å². The van der Waals surface area contributed by atoms with E-state index >= 15 is 0 Å². The van der Waals surface area contributed by atoms with Crippen LogP contribution in [0.5, 0.6) is 0 Å². The highest BCUT2D eigenvalue weighted by Gasteiger charge is 2.06. The molecule has 1 aromatic carbocycles. The van der Waals surface area contributed by atoms with Crippen molar-refractivity contribution >= 4 is 16.3 Å². The second kappa shape index (κ2) is 3.45. The summed E-state index contributed by atoms with van der Waals surface area (Å²) < 4.78 is 1.70. The highest BCUT2D eigenvalue weighted by atomic mass is 16.1. The van der Waals surface area contributed by atoms with E-state index in [1.54, 1.807) is 4.40 Å². The summed E-state index contributed by atoms with van der Waals surface area (Å²) >= 11 is 0. The molecular formula is C15H13NO. The molecule has 0 spiro atoms. The van der Waals surface area contributed by atoms with Gasteiger partial charge < -0.3 is 0 Å². The number of hydrogen-bond acceptors (Lipinski definition) is 1. The SMILES string of the molecule is Cc1cc(C)c2c(=O)n3ccccc3cc2c1. The molecule has 0 aliphatic carbocycles. The van der Waals surface area contributed by atoms with Crippen molar-refractivity contribution in [3.63, 3.8) is 0 Å². The Morgan fingerprint density at radius 3 is 2.71 bits per heavy atom. The molecule has 17 heavy (non-hydrogen) atoms. The van der Waals surface area contributed by atoms with Crippen LogP contribution in [0.2, 0.25) is 0 Å². The molecule has 2 nitrogen and oxygen atoms in total. The van der Waals surface area contributed by atoms with Gasteiger partial charge in [0.1, 0.15) is 0 Å². The van der Waals surface area contributed by atoms with Gasteiger partial charge in [0, 0.05) is 11.7 Å². The summed E-state index contributed by atoms with van der Waals surface area (Å²) in [5.74, 6) is 0. The minimum absolute atomic E-state index is 0.0654. The van der Waals surface area contributed by atoms with Gasteiger partial charge >= 0.3 is 0 Å². The zero-order valence-corrected chi connectivity index (χ0v) is 9.90. The average Bonchev–Trinajstić information content (AvgIpc) is 2.28. The lowest BCUT2D eigenvalue weighted by atomic mass is 10.0. The van der Waals surface area contributed by atoms with Crippen molar-refractivity contribution in [1.29, 1.82) is 0 Å². The Morgan fingerprint density at radius 1 is 1.06 bits per heavy atom. The molecule has 3 rings (SSSR count).